The summed E-state index contributed by atoms with van der Waals surface area (Å²) >= 11 is 1.69. The van der Waals surface area contributed by atoms with E-state index in [4.69, 9.17) is 14.9 Å². The number of benzene rings is 2. The summed E-state index contributed by atoms with van der Waals surface area (Å²) in [7, 11) is -1.86. The fourth-order valence-electron chi connectivity index (χ4n) is 5.50. The third kappa shape index (κ3) is 7.89. The Kier molecular flexibility index (Phi) is 10.7. The second-order valence-electron chi connectivity index (χ2n) is 12.9. The molecule has 0 aromatic heterocycles. The number of amides is 3. The van der Waals surface area contributed by atoms with Crippen LogP contribution in [0.2, 0.25) is 18.1 Å². The zero-order valence-corrected chi connectivity index (χ0v) is 27.8. The zero-order chi connectivity index (χ0) is 30.5. The van der Waals surface area contributed by atoms with Gasteiger partial charge in [0.25, 0.3) is 0 Å². The number of nitrogens with zero attached hydrogens (tertiary/aromatic N) is 1. The quantitative estimate of drug-likeness (QED) is 0.172. The fourth-order valence-corrected chi connectivity index (χ4v) is 7.53. The molecule has 10 heteroatoms. The molecule has 0 unspecified atom stereocenters. The number of nitrogens with one attached hydrogen (secondary N) is 2. The molecule has 230 valence electrons. The number of rotatable bonds is 9. The number of thioether (sulfide) groups is 1. The molecule has 2 aliphatic heterocycles. The molecule has 4 N–H and O–H groups in total. The molecule has 2 aromatic carbocycles. The van der Waals surface area contributed by atoms with Crippen LogP contribution in [0.25, 0.3) is 0 Å². The van der Waals surface area contributed by atoms with Crippen LogP contribution < -0.4 is 16.4 Å². The van der Waals surface area contributed by atoms with Gasteiger partial charge in [-0.1, -0.05) is 45.0 Å². The molecule has 0 spiro atoms. The standard InChI is InChI=1S/C32H48N4O4SSi/c1-32(2,3)42(5,6)40-23-14-16-28(39-21-23)25-18-22(13-15-26(25)33)19-34-31(38)35-20-30(37)36-17-9-11-27(36)24-10-7-8-12-29(24)41-4/h7-8,10,12-13,15,18,23,27-28H,9,11,14,16-17,19-21,33H2,1-6H3,(H2,34,35,38)/t23-,27-,28+/m0/s1. The van der Waals surface area contributed by atoms with Gasteiger partial charge >= 0.3 is 6.03 Å². The summed E-state index contributed by atoms with van der Waals surface area (Å²) in [6, 6.07) is 13.7. The predicted octanol–water partition coefficient (Wildman–Crippen LogP) is 6.40. The second-order valence-corrected chi connectivity index (χ2v) is 18.5. The maximum atomic E-state index is 13.1. The highest BCUT2D eigenvalue weighted by Crippen LogP contribution is 2.40. The summed E-state index contributed by atoms with van der Waals surface area (Å²) in [5.41, 5.74) is 10.1. The predicted molar refractivity (Wildman–Crippen MR) is 173 cm³/mol. The number of ether oxygens (including phenoxy) is 1. The molecule has 42 heavy (non-hydrogen) atoms. The van der Waals surface area contributed by atoms with Gasteiger partial charge in [0.15, 0.2) is 8.32 Å². The first-order valence-electron chi connectivity index (χ1n) is 15.0. The molecule has 2 fully saturated rings. The van der Waals surface area contributed by atoms with Gasteiger partial charge < -0.3 is 30.4 Å². The summed E-state index contributed by atoms with van der Waals surface area (Å²) in [5.74, 6) is -0.0661. The van der Waals surface area contributed by atoms with Crippen molar-refractivity contribution in [2.24, 2.45) is 0 Å². The van der Waals surface area contributed by atoms with Crippen LogP contribution in [0.3, 0.4) is 0 Å². The maximum Gasteiger partial charge on any atom is 0.315 e. The molecular formula is C32H48N4O4SSi. The number of anilines is 1. The highest BCUT2D eigenvalue weighted by molar-refractivity contribution is 7.98. The number of carbonyl (C=O) groups excluding carboxylic acids is 2. The smallest absolute Gasteiger partial charge is 0.315 e. The summed E-state index contributed by atoms with van der Waals surface area (Å²) in [6.45, 7) is 12.8. The van der Waals surface area contributed by atoms with E-state index in [9.17, 15) is 9.59 Å². The molecule has 3 atom stereocenters. The van der Waals surface area contributed by atoms with Crippen molar-refractivity contribution in [2.45, 2.75) is 94.3 Å². The van der Waals surface area contributed by atoms with Gasteiger partial charge in [0.1, 0.15) is 0 Å². The number of hydrogen-bond acceptors (Lipinski definition) is 6. The minimum atomic E-state index is -1.86. The van der Waals surface area contributed by atoms with Crippen LogP contribution in [-0.4, -0.2) is 57.2 Å². The van der Waals surface area contributed by atoms with Crippen LogP contribution in [-0.2, 0) is 20.5 Å². The Morgan fingerprint density at radius 1 is 1.10 bits per heavy atom. The van der Waals surface area contributed by atoms with E-state index in [0.717, 1.165) is 36.8 Å². The van der Waals surface area contributed by atoms with Crippen molar-refractivity contribution in [1.29, 1.82) is 0 Å². The van der Waals surface area contributed by atoms with Gasteiger partial charge in [-0.05, 0) is 79.4 Å². The van der Waals surface area contributed by atoms with E-state index in [0.29, 0.717) is 25.4 Å². The van der Waals surface area contributed by atoms with Gasteiger partial charge in [-0.2, -0.15) is 0 Å². The first-order chi connectivity index (χ1) is 19.9. The average Bonchev–Trinajstić information content (AvgIpc) is 3.45. The number of hydrogen-bond donors (Lipinski definition) is 3. The molecule has 0 saturated carbocycles. The van der Waals surface area contributed by atoms with E-state index >= 15 is 0 Å². The molecule has 2 saturated heterocycles. The molecule has 2 aliphatic rings. The molecule has 2 heterocycles. The van der Waals surface area contributed by atoms with Crippen LogP contribution in [0.1, 0.15) is 75.3 Å². The largest absolute Gasteiger partial charge is 0.412 e. The van der Waals surface area contributed by atoms with Crippen molar-refractivity contribution < 1.29 is 18.8 Å². The molecular weight excluding hydrogens is 565 g/mol. The SMILES string of the molecule is CSc1ccccc1[C@@H]1CCCN1C(=O)CNC(=O)NCc1ccc(N)c([C@H]2CC[C@H](O[Si](C)(C)C(C)(C)C)CO2)c1. The van der Waals surface area contributed by atoms with Gasteiger partial charge in [-0.15, -0.1) is 11.8 Å². The number of urea groups is 1. The number of likely N-dealkylation sites (tertiary alicyclic amines) is 1. The van der Waals surface area contributed by atoms with E-state index in [-0.39, 0.29) is 41.8 Å². The van der Waals surface area contributed by atoms with Gasteiger partial charge in [0.2, 0.25) is 5.91 Å². The summed E-state index contributed by atoms with van der Waals surface area (Å²) in [5, 5.41) is 5.79. The third-order valence-corrected chi connectivity index (χ3v) is 14.3. The third-order valence-electron chi connectivity index (χ3n) is 8.92. The summed E-state index contributed by atoms with van der Waals surface area (Å²) in [6.07, 6.45) is 5.72. The monoisotopic (exact) mass is 612 g/mol. The molecule has 2 aromatic rings. The minimum Gasteiger partial charge on any atom is -0.412 e. The van der Waals surface area contributed by atoms with Crippen molar-refractivity contribution >= 4 is 37.7 Å². The molecule has 0 radical (unpaired) electrons. The lowest BCUT2D eigenvalue weighted by Gasteiger charge is -2.41. The van der Waals surface area contributed by atoms with E-state index in [1.54, 1.807) is 11.8 Å². The Bertz CT molecular complexity index is 1240. The Balaban J connectivity index is 1.26. The van der Waals surface area contributed by atoms with Gasteiger partial charge in [-0.25, -0.2) is 4.79 Å². The van der Waals surface area contributed by atoms with Crippen LogP contribution in [0.4, 0.5) is 10.5 Å². The van der Waals surface area contributed by atoms with Crippen molar-refractivity contribution in [3.8, 4) is 0 Å². The fraction of sp³-hybridized carbons (Fsp3) is 0.562. The Morgan fingerprint density at radius 2 is 1.86 bits per heavy atom. The number of nitrogen functional groups attached to an aromatic ring is 1. The highest BCUT2D eigenvalue weighted by atomic mass is 32.2. The van der Waals surface area contributed by atoms with E-state index in [1.165, 1.54) is 10.5 Å². The normalized spacial score (nSPS) is 21.3. The number of carbonyl (C=O) groups is 2. The maximum absolute atomic E-state index is 13.1. The van der Waals surface area contributed by atoms with Crippen LogP contribution in [0.15, 0.2) is 47.4 Å². The van der Waals surface area contributed by atoms with Gasteiger partial charge in [0.05, 0.1) is 31.4 Å². The molecule has 8 nitrogen and oxygen atoms in total. The van der Waals surface area contributed by atoms with Crippen molar-refractivity contribution in [3.63, 3.8) is 0 Å². The van der Waals surface area contributed by atoms with Crippen molar-refractivity contribution in [1.82, 2.24) is 15.5 Å². The number of nitrogens with two attached hydrogens (primary N) is 1. The summed E-state index contributed by atoms with van der Waals surface area (Å²) < 4.78 is 12.8. The second kappa shape index (κ2) is 13.8. The zero-order valence-electron chi connectivity index (χ0n) is 26.0. The first-order valence-corrected chi connectivity index (χ1v) is 19.1. The molecule has 0 aliphatic carbocycles. The first kappa shape index (κ1) is 32.4. The van der Waals surface area contributed by atoms with Crippen molar-refractivity contribution in [2.75, 3.05) is 31.7 Å². The highest BCUT2D eigenvalue weighted by Gasteiger charge is 2.40. The molecule has 4 rings (SSSR count). The minimum absolute atomic E-state index is 0.0369. The Labute approximate surface area is 256 Å². The lowest BCUT2D eigenvalue weighted by Crippen LogP contribution is -2.46. The van der Waals surface area contributed by atoms with Crippen LogP contribution in [0, 0.1) is 0 Å². The van der Waals surface area contributed by atoms with Crippen LogP contribution >= 0.6 is 11.8 Å². The molecule has 0 bridgehead atoms. The van der Waals surface area contributed by atoms with Gasteiger partial charge in [-0.3, -0.25) is 4.79 Å². The molecule has 3 amide bonds. The Morgan fingerprint density at radius 3 is 2.55 bits per heavy atom. The lowest BCUT2D eigenvalue weighted by molar-refractivity contribution is -0.131. The van der Waals surface area contributed by atoms with E-state index in [1.807, 2.05) is 35.2 Å². The van der Waals surface area contributed by atoms with E-state index in [2.05, 4.69) is 62.9 Å². The van der Waals surface area contributed by atoms with E-state index < -0.39 is 8.32 Å². The van der Waals surface area contributed by atoms with Crippen LogP contribution in [0.5, 0.6) is 0 Å². The van der Waals surface area contributed by atoms with Crippen molar-refractivity contribution in [3.05, 3.63) is 59.2 Å². The lowest BCUT2D eigenvalue weighted by atomic mass is 9.97. The average molecular weight is 613 g/mol. The Hall–Kier alpha value is -2.53. The van der Waals surface area contributed by atoms with Gasteiger partial charge in [0, 0.05) is 29.2 Å². The summed E-state index contributed by atoms with van der Waals surface area (Å²) in [4.78, 5) is 28.7. The topological polar surface area (TPSA) is 106 Å².